The summed E-state index contributed by atoms with van der Waals surface area (Å²) in [6.45, 7) is 5.93. The van der Waals surface area contributed by atoms with Crippen molar-refractivity contribution in [3.05, 3.63) is 50.1 Å². The molecule has 1 amide bonds. The van der Waals surface area contributed by atoms with Crippen LogP contribution in [-0.2, 0) is 26.4 Å². The molecular weight excluding hydrogens is 364 g/mol. The summed E-state index contributed by atoms with van der Waals surface area (Å²) in [5.74, 6) is -0.239. The molecule has 0 aliphatic carbocycles. The van der Waals surface area contributed by atoms with Gasteiger partial charge in [-0.3, -0.25) is 14.3 Å². The first-order valence-electron chi connectivity index (χ1n) is 8.78. The number of rotatable bonds is 6. The van der Waals surface area contributed by atoms with Crippen LogP contribution in [0.1, 0.15) is 46.0 Å². The molecule has 0 unspecified atom stereocenters. The highest BCUT2D eigenvalue weighted by Gasteiger charge is 2.18. The molecule has 2 N–H and O–H groups in total. The molecule has 142 valence electrons. The lowest BCUT2D eigenvalue weighted by molar-refractivity contribution is 0.0954. The van der Waals surface area contributed by atoms with Crippen molar-refractivity contribution < 1.29 is 4.79 Å². The van der Waals surface area contributed by atoms with E-state index in [1.165, 1.54) is 11.3 Å². The summed E-state index contributed by atoms with van der Waals surface area (Å²) in [4.78, 5) is 29.9. The fourth-order valence-corrected chi connectivity index (χ4v) is 3.93. The molecule has 27 heavy (non-hydrogen) atoms. The van der Waals surface area contributed by atoms with Crippen LogP contribution in [0.5, 0.6) is 0 Å². The van der Waals surface area contributed by atoms with Crippen LogP contribution >= 0.6 is 11.3 Å². The van der Waals surface area contributed by atoms with Crippen molar-refractivity contribution in [2.75, 3.05) is 0 Å². The quantitative estimate of drug-likeness (QED) is 0.674. The lowest BCUT2D eigenvalue weighted by atomic mass is 10.0. The Morgan fingerprint density at radius 2 is 2.07 bits per heavy atom. The van der Waals surface area contributed by atoms with E-state index in [9.17, 15) is 9.59 Å². The van der Waals surface area contributed by atoms with E-state index in [-0.39, 0.29) is 18.0 Å². The fraction of sp³-hybridized carbons (Fsp3) is 0.389. The Kier molecular flexibility index (Phi) is 5.50. The van der Waals surface area contributed by atoms with Gasteiger partial charge in [0.2, 0.25) is 0 Å². The first-order valence-corrected chi connectivity index (χ1v) is 9.60. The maximum absolute atomic E-state index is 12.7. The van der Waals surface area contributed by atoms with Crippen LogP contribution in [0.25, 0.3) is 10.6 Å². The van der Waals surface area contributed by atoms with Gasteiger partial charge in [0.05, 0.1) is 17.6 Å². The molecule has 0 saturated carbocycles. The standard InChI is InChI=1S/C18H22N6O2S/c1-5-12-13(16(25)23-22-14(12)6-2)8-19-17(26)15-10(3)21-18(27-15)11-7-20-24(4)9-11/h7,9H,5-6,8H2,1-4H3,(H,19,26)(H,23,25). The van der Waals surface area contributed by atoms with Crippen molar-refractivity contribution in [3.8, 4) is 10.6 Å². The third-order valence-electron chi connectivity index (χ3n) is 4.35. The average molecular weight is 386 g/mol. The summed E-state index contributed by atoms with van der Waals surface area (Å²) in [5.41, 5.74) is 3.59. The van der Waals surface area contributed by atoms with Crippen molar-refractivity contribution in [1.82, 2.24) is 30.3 Å². The minimum Gasteiger partial charge on any atom is -0.347 e. The largest absolute Gasteiger partial charge is 0.347 e. The van der Waals surface area contributed by atoms with E-state index in [0.717, 1.165) is 28.2 Å². The predicted molar refractivity (Wildman–Crippen MR) is 104 cm³/mol. The van der Waals surface area contributed by atoms with Gasteiger partial charge in [0.1, 0.15) is 9.88 Å². The molecule has 0 radical (unpaired) electrons. The van der Waals surface area contributed by atoms with Crippen molar-refractivity contribution in [2.24, 2.45) is 7.05 Å². The first-order chi connectivity index (χ1) is 12.9. The fourth-order valence-electron chi connectivity index (χ4n) is 2.97. The summed E-state index contributed by atoms with van der Waals surface area (Å²) in [6, 6.07) is 0. The number of thiazole rings is 1. The van der Waals surface area contributed by atoms with Gasteiger partial charge < -0.3 is 5.32 Å². The highest BCUT2D eigenvalue weighted by molar-refractivity contribution is 7.17. The summed E-state index contributed by atoms with van der Waals surface area (Å²) < 4.78 is 1.69. The van der Waals surface area contributed by atoms with Crippen LogP contribution in [0.4, 0.5) is 0 Å². The lowest BCUT2D eigenvalue weighted by Crippen LogP contribution is -2.29. The van der Waals surface area contributed by atoms with E-state index in [0.29, 0.717) is 22.6 Å². The Labute approximate surface area is 160 Å². The van der Waals surface area contributed by atoms with Gasteiger partial charge in [-0.25, -0.2) is 10.1 Å². The SMILES string of the molecule is CCc1n[nH]c(=O)c(CNC(=O)c2sc(-c3cnn(C)c3)nc2C)c1CC. The topological polar surface area (TPSA) is 106 Å². The van der Waals surface area contributed by atoms with Crippen LogP contribution in [0, 0.1) is 6.92 Å². The van der Waals surface area contributed by atoms with Gasteiger partial charge in [-0.15, -0.1) is 11.3 Å². The summed E-state index contributed by atoms with van der Waals surface area (Å²) in [5, 5.41) is 14.4. The second-order valence-electron chi connectivity index (χ2n) is 6.18. The molecule has 0 bridgehead atoms. The molecule has 0 spiro atoms. The smallest absolute Gasteiger partial charge is 0.269 e. The number of nitrogens with zero attached hydrogens (tertiary/aromatic N) is 4. The maximum Gasteiger partial charge on any atom is 0.269 e. The lowest BCUT2D eigenvalue weighted by Gasteiger charge is -2.11. The Bertz CT molecular complexity index is 1030. The predicted octanol–water partition coefficient (Wildman–Crippen LogP) is 1.99. The number of aromatic amines is 1. The number of aryl methyl sites for hydroxylation is 3. The average Bonchev–Trinajstić information content (AvgIpc) is 3.25. The third kappa shape index (κ3) is 3.82. The molecule has 3 aromatic heterocycles. The minimum atomic E-state index is -0.263. The van der Waals surface area contributed by atoms with Crippen LogP contribution < -0.4 is 10.9 Å². The first kappa shape index (κ1) is 19.0. The van der Waals surface area contributed by atoms with Crippen molar-refractivity contribution >= 4 is 17.2 Å². The van der Waals surface area contributed by atoms with E-state index < -0.39 is 0 Å². The van der Waals surface area contributed by atoms with E-state index in [1.807, 2.05) is 27.1 Å². The molecule has 0 atom stereocenters. The summed E-state index contributed by atoms with van der Waals surface area (Å²) in [6.07, 6.45) is 4.99. The molecule has 9 heteroatoms. The van der Waals surface area contributed by atoms with Gasteiger partial charge in [0.25, 0.3) is 11.5 Å². The van der Waals surface area contributed by atoms with Crippen LogP contribution in [0.3, 0.4) is 0 Å². The highest BCUT2D eigenvalue weighted by Crippen LogP contribution is 2.27. The molecule has 0 aromatic carbocycles. The van der Waals surface area contributed by atoms with E-state index in [1.54, 1.807) is 17.8 Å². The van der Waals surface area contributed by atoms with Crippen molar-refractivity contribution in [2.45, 2.75) is 40.2 Å². The normalized spacial score (nSPS) is 11.0. The molecule has 3 rings (SSSR count). The number of carbonyl (C=O) groups excluding carboxylic acids is 1. The number of nitrogens with one attached hydrogen (secondary N) is 2. The molecule has 3 heterocycles. The second-order valence-corrected chi connectivity index (χ2v) is 7.18. The van der Waals surface area contributed by atoms with E-state index in [2.05, 4.69) is 25.6 Å². The van der Waals surface area contributed by atoms with Crippen molar-refractivity contribution in [3.63, 3.8) is 0 Å². The van der Waals surface area contributed by atoms with E-state index >= 15 is 0 Å². The Morgan fingerprint density at radius 3 is 2.70 bits per heavy atom. The Hall–Kier alpha value is -2.81. The number of carbonyl (C=O) groups is 1. The molecule has 3 aromatic rings. The Morgan fingerprint density at radius 1 is 1.30 bits per heavy atom. The van der Waals surface area contributed by atoms with Crippen LogP contribution in [-0.4, -0.2) is 30.9 Å². The molecule has 8 nitrogen and oxygen atoms in total. The van der Waals surface area contributed by atoms with Gasteiger partial charge in [-0.2, -0.15) is 10.2 Å². The second kappa shape index (κ2) is 7.83. The zero-order chi connectivity index (χ0) is 19.6. The number of hydrogen-bond donors (Lipinski definition) is 2. The molecular formula is C18H22N6O2S. The zero-order valence-electron chi connectivity index (χ0n) is 15.8. The molecule has 0 aliphatic heterocycles. The Balaban J connectivity index is 1.81. The van der Waals surface area contributed by atoms with E-state index in [4.69, 9.17) is 0 Å². The number of H-pyrrole nitrogens is 1. The van der Waals surface area contributed by atoms with Gasteiger partial charge in [-0.1, -0.05) is 13.8 Å². The van der Waals surface area contributed by atoms with Crippen molar-refractivity contribution in [1.29, 1.82) is 0 Å². The molecule has 0 aliphatic rings. The third-order valence-corrected chi connectivity index (χ3v) is 5.55. The van der Waals surface area contributed by atoms with Gasteiger partial charge >= 0.3 is 0 Å². The number of hydrogen-bond acceptors (Lipinski definition) is 6. The molecule has 0 saturated heterocycles. The van der Waals surface area contributed by atoms with Gasteiger partial charge in [-0.05, 0) is 25.3 Å². The minimum absolute atomic E-state index is 0.159. The monoisotopic (exact) mass is 386 g/mol. The summed E-state index contributed by atoms with van der Waals surface area (Å²) >= 11 is 1.32. The number of aromatic nitrogens is 5. The summed E-state index contributed by atoms with van der Waals surface area (Å²) in [7, 11) is 1.83. The van der Waals surface area contributed by atoms with Crippen LogP contribution in [0.15, 0.2) is 17.2 Å². The maximum atomic E-state index is 12.7. The number of amides is 1. The van der Waals surface area contributed by atoms with Gasteiger partial charge in [0, 0.05) is 30.9 Å². The van der Waals surface area contributed by atoms with Gasteiger partial charge in [0.15, 0.2) is 0 Å². The zero-order valence-corrected chi connectivity index (χ0v) is 16.6. The highest BCUT2D eigenvalue weighted by atomic mass is 32.1. The molecule has 0 fully saturated rings. The van der Waals surface area contributed by atoms with Crippen LogP contribution in [0.2, 0.25) is 0 Å².